The maximum Gasteiger partial charge on any atom is 0.338 e. The lowest BCUT2D eigenvalue weighted by atomic mass is 9.49. The minimum atomic E-state index is -0.290. The van der Waals surface area contributed by atoms with Gasteiger partial charge in [0.05, 0.1) is 12.2 Å². The lowest BCUT2D eigenvalue weighted by Crippen LogP contribution is -2.51. The zero-order chi connectivity index (χ0) is 18.1. The van der Waals surface area contributed by atoms with Crippen LogP contribution in [0.15, 0.2) is 24.3 Å². The number of carbonyl (C=O) groups is 1. The molecule has 4 nitrogen and oxygen atoms in total. The van der Waals surface area contributed by atoms with Gasteiger partial charge in [-0.1, -0.05) is 0 Å². The minimum absolute atomic E-state index is 0.290. The van der Waals surface area contributed by atoms with Gasteiger partial charge in [-0.15, -0.1) is 0 Å². The van der Waals surface area contributed by atoms with Gasteiger partial charge in [0.25, 0.3) is 0 Å². The SMILES string of the molecule is CCOC(=O)c1ccc(NC(=S)NCC23CC4CC(CC(C4)C2)C3)cc1. The van der Waals surface area contributed by atoms with Gasteiger partial charge < -0.3 is 15.4 Å². The molecule has 0 radical (unpaired) electrons. The summed E-state index contributed by atoms with van der Waals surface area (Å²) in [7, 11) is 0. The first-order valence-corrected chi connectivity index (χ1v) is 10.3. The van der Waals surface area contributed by atoms with Crippen LogP contribution < -0.4 is 10.6 Å². The van der Waals surface area contributed by atoms with Gasteiger partial charge in [-0.05, 0) is 105 Å². The third-order valence-electron chi connectivity index (χ3n) is 6.44. The molecule has 1 aromatic carbocycles. The molecule has 140 valence electrons. The van der Waals surface area contributed by atoms with Gasteiger partial charge in [0.2, 0.25) is 0 Å². The fourth-order valence-corrected chi connectivity index (χ4v) is 6.04. The van der Waals surface area contributed by atoms with Crippen molar-refractivity contribution in [3.8, 4) is 0 Å². The summed E-state index contributed by atoms with van der Waals surface area (Å²) in [5.74, 6) is 2.58. The van der Waals surface area contributed by atoms with Crippen molar-refractivity contribution in [3.63, 3.8) is 0 Å². The molecule has 1 aromatic rings. The van der Waals surface area contributed by atoms with Crippen molar-refractivity contribution in [2.45, 2.75) is 45.4 Å². The third-order valence-corrected chi connectivity index (χ3v) is 6.69. The summed E-state index contributed by atoms with van der Waals surface area (Å²) >= 11 is 5.50. The largest absolute Gasteiger partial charge is 0.462 e. The van der Waals surface area contributed by atoms with Crippen molar-refractivity contribution in [2.24, 2.45) is 23.2 Å². The summed E-state index contributed by atoms with van der Waals surface area (Å²) in [6.45, 7) is 3.18. The number of anilines is 1. The lowest BCUT2D eigenvalue weighted by Gasteiger charge is -2.57. The molecule has 26 heavy (non-hydrogen) atoms. The number of thiocarbonyl (C=S) groups is 1. The molecular weight excluding hydrogens is 344 g/mol. The summed E-state index contributed by atoms with van der Waals surface area (Å²) in [5, 5.41) is 7.39. The van der Waals surface area contributed by atoms with Crippen molar-refractivity contribution in [2.75, 3.05) is 18.5 Å². The molecule has 4 aliphatic carbocycles. The highest BCUT2D eigenvalue weighted by molar-refractivity contribution is 7.80. The van der Waals surface area contributed by atoms with E-state index in [9.17, 15) is 4.79 Å². The first-order chi connectivity index (χ1) is 12.5. The van der Waals surface area contributed by atoms with Crippen LogP contribution in [0.5, 0.6) is 0 Å². The number of ether oxygens (including phenoxy) is 1. The molecular formula is C21H28N2O2S. The lowest BCUT2D eigenvalue weighted by molar-refractivity contribution is -0.0490. The second kappa shape index (κ2) is 7.18. The highest BCUT2D eigenvalue weighted by Gasteiger charge is 2.50. The Morgan fingerprint density at radius 3 is 2.23 bits per heavy atom. The second-order valence-electron chi connectivity index (χ2n) is 8.52. The van der Waals surface area contributed by atoms with Crippen molar-refractivity contribution < 1.29 is 9.53 Å². The number of esters is 1. The predicted octanol–water partition coefficient (Wildman–Crippen LogP) is 4.37. The predicted molar refractivity (Wildman–Crippen MR) is 107 cm³/mol. The van der Waals surface area contributed by atoms with Gasteiger partial charge in [0, 0.05) is 12.2 Å². The van der Waals surface area contributed by atoms with Gasteiger partial charge in [-0.25, -0.2) is 4.79 Å². The van der Waals surface area contributed by atoms with Crippen LogP contribution in [0.3, 0.4) is 0 Å². The van der Waals surface area contributed by atoms with Crippen molar-refractivity contribution in [1.29, 1.82) is 0 Å². The highest BCUT2D eigenvalue weighted by atomic mass is 32.1. The molecule has 0 spiro atoms. The first-order valence-electron chi connectivity index (χ1n) is 9.87. The maximum absolute atomic E-state index is 11.7. The number of benzene rings is 1. The molecule has 5 rings (SSSR count). The first kappa shape index (κ1) is 17.8. The Hall–Kier alpha value is -1.62. The van der Waals surface area contributed by atoms with Gasteiger partial charge >= 0.3 is 5.97 Å². The van der Waals surface area contributed by atoms with Crippen LogP contribution in [0.25, 0.3) is 0 Å². The summed E-state index contributed by atoms with van der Waals surface area (Å²) in [6.07, 6.45) is 8.53. The maximum atomic E-state index is 11.7. The van der Waals surface area contributed by atoms with Crippen molar-refractivity contribution >= 4 is 29.0 Å². The Balaban J connectivity index is 1.30. The fraction of sp³-hybridized carbons (Fsp3) is 0.619. The molecule has 0 saturated heterocycles. The molecule has 2 N–H and O–H groups in total. The van der Waals surface area contributed by atoms with E-state index in [0.717, 1.165) is 30.0 Å². The topological polar surface area (TPSA) is 50.4 Å². The fourth-order valence-electron chi connectivity index (χ4n) is 5.85. The van der Waals surface area contributed by atoms with Crippen LogP contribution in [-0.2, 0) is 4.74 Å². The standard InChI is InChI=1S/C21H28N2O2S/c1-2-25-19(24)17-3-5-18(6-4-17)23-20(26)22-13-21-10-14-7-15(11-21)9-16(8-14)12-21/h3-6,14-16H,2,7-13H2,1H3,(H2,22,23,26). The quantitative estimate of drug-likeness (QED) is 0.594. The summed E-state index contributed by atoms with van der Waals surface area (Å²) < 4.78 is 5.01. The minimum Gasteiger partial charge on any atom is -0.462 e. The van der Waals surface area contributed by atoms with Crippen LogP contribution in [0.4, 0.5) is 5.69 Å². The van der Waals surface area contributed by atoms with Crippen LogP contribution in [0.1, 0.15) is 55.8 Å². The number of nitrogens with one attached hydrogen (secondary N) is 2. The molecule has 4 aliphatic rings. The van der Waals surface area contributed by atoms with Crippen LogP contribution >= 0.6 is 12.2 Å². The Labute approximate surface area is 161 Å². The average molecular weight is 373 g/mol. The van der Waals surface area contributed by atoms with Gasteiger partial charge in [0.15, 0.2) is 5.11 Å². The Kier molecular flexibility index (Phi) is 4.91. The molecule has 0 heterocycles. The van der Waals surface area contributed by atoms with E-state index in [4.69, 9.17) is 17.0 Å². The van der Waals surface area contributed by atoms with Gasteiger partial charge in [-0.3, -0.25) is 0 Å². The number of hydrogen-bond acceptors (Lipinski definition) is 3. The summed E-state index contributed by atoms with van der Waals surface area (Å²) in [4.78, 5) is 11.7. The third kappa shape index (κ3) is 3.73. The zero-order valence-electron chi connectivity index (χ0n) is 15.4. The zero-order valence-corrected chi connectivity index (χ0v) is 16.2. The van der Waals surface area contributed by atoms with E-state index in [2.05, 4.69) is 10.6 Å². The van der Waals surface area contributed by atoms with Crippen molar-refractivity contribution in [3.05, 3.63) is 29.8 Å². The van der Waals surface area contributed by atoms with Crippen LogP contribution in [-0.4, -0.2) is 24.2 Å². The molecule has 0 unspecified atom stereocenters. The van der Waals surface area contributed by atoms with E-state index < -0.39 is 0 Å². The summed E-state index contributed by atoms with van der Waals surface area (Å²) in [5.41, 5.74) is 1.92. The van der Waals surface area contributed by atoms with E-state index in [1.807, 2.05) is 19.1 Å². The average Bonchev–Trinajstić information content (AvgIpc) is 2.60. The van der Waals surface area contributed by atoms with Gasteiger partial charge in [0.1, 0.15) is 0 Å². The second-order valence-corrected chi connectivity index (χ2v) is 8.93. The molecule has 0 atom stereocenters. The molecule has 0 aromatic heterocycles. The molecule has 0 aliphatic heterocycles. The van der Waals surface area contributed by atoms with E-state index in [1.54, 1.807) is 12.1 Å². The van der Waals surface area contributed by atoms with Gasteiger partial charge in [-0.2, -0.15) is 0 Å². The van der Waals surface area contributed by atoms with Crippen molar-refractivity contribution in [1.82, 2.24) is 5.32 Å². The monoisotopic (exact) mass is 372 g/mol. The van der Waals surface area contributed by atoms with E-state index in [1.165, 1.54) is 38.5 Å². The van der Waals surface area contributed by atoms with Crippen LogP contribution in [0, 0.1) is 23.2 Å². The molecule has 4 fully saturated rings. The number of carbonyl (C=O) groups excluding carboxylic acids is 1. The van der Waals surface area contributed by atoms with E-state index in [-0.39, 0.29) is 5.97 Å². The molecule has 4 bridgehead atoms. The smallest absolute Gasteiger partial charge is 0.338 e. The summed E-state index contributed by atoms with van der Waals surface area (Å²) in [6, 6.07) is 7.26. The van der Waals surface area contributed by atoms with E-state index >= 15 is 0 Å². The molecule has 4 saturated carbocycles. The Bertz CT molecular complexity index is 650. The number of hydrogen-bond donors (Lipinski definition) is 2. The normalized spacial score (nSPS) is 31.5. The van der Waals surface area contributed by atoms with E-state index in [0.29, 0.717) is 22.7 Å². The Morgan fingerprint density at radius 1 is 1.12 bits per heavy atom. The molecule has 0 amide bonds. The Morgan fingerprint density at radius 2 is 1.69 bits per heavy atom. The number of rotatable bonds is 5. The van der Waals surface area contributed by atoms with Crippen LogP contribution in [0.2, 0.25) is 0 Å². The highest BCUT2D eigenvalue weighted by Crippen LogP contribution is 2.59. The molecule has 5 heteroatoms.